The van der Waals surface area contributed by atoms with Gasteiger partial charge in [-0.05, 0) is 16.7 Å². The van der Waals surface area contributed by atoms with Crippen molar-refractivity contribution >= 4 is 0 Å². The summed E-state index contributed by atoms with van der Waals surface area (Å²) in [6, 6.07) is 5.78. The number of rotatable bonds is 1. The molecule has 2 rings (SSSR count). The minimum absolute atomic E-state index is 0.0461. The molecule has 0 radical (unpaired) electrons. The second kappa shape index (κ2) is 3.46. The van der Waals surface area contributed by atoms with Crippen molar-refractivity contribution < 1.29 is 9.84 Å². The lowest BCUT2D eigenvalue weighted by Gasteiger charge is -2.24. The van der Waals surface area contributed by atoms with Crippen molar-refractivity contribution in [1.82, 2.24) is 0 Å². The lowest BCUT2D eigenvalue weighted by molar-refractivity contribution is 0.0905. The normalized spacial score (nSPS) is 21.2. The zero-order valence-corrected chi connectivity index (χ0v) is 7.36. The second-order valence-electron chi connectivity index (χ2n) is 3.26. The molecule has 13 heavy (non-hydrogen) atoms. The summed E-state index contributed by atoms with van der Waals surface area (Å²) in [6.07, 6.45) is 0. The highest BCUT2D eigenvalue weighted by Crippen LogP contribution is 2.25. The first-order chi connectivity index (χ1) is 6.33. The average molecular weight is 179 g/mol. The third-order valence-corrected chi connectivity index (χ3v) is 2.42. The predicted octanol–water partition coefficient (Wildman–Crippen LogP) is 0.709. The molecule has 1 atom stereocenters. The first kappa shape index (κ1) is 8.69. The molecule has 0 aromatic heterocycles. The van der Waals surface area contributed by atoms with Gasteiger partial charge in [-0.3, -0.25) is 0 Å². The van der Waals surface area contributed by atoms with Gasteiger partial charge in [0, 0.05) is 0 Å². The molecule has 3 nitrogen and oxygen atoms in total. The van der Waals surface area contributed by atoms with Gasteiger partial charge in [0.1, 0.15) is 0 Å². The van der Waals surface area contributed by atoms with Crippen molar-refractivity contribution in [1.29, 1.82) is 0 Å². The molecule has 70 valence electrons. The van der Waals surface area contributed by atoms with Crippen LogP contribution in [0.4, 0.5) is 0 Å². The van der Waals surface area contributed by atoms with Gasteiger partial charge in [-0.15, -0.1) is 0 Å². The molecule has 0 saturated carbocycles. The van der Waals surface area contributed by atoms with Crippen LogP contribution in [0.3, 0.4) is 0 Å². The molecule has 1 aromatic carbocycles. The maximum atomic E-state index is 9.08. The second-order valence-corrected chi connectivity index (χ2v) is 3.26. The molecule has 0 unspecified atom stereocenters. The van der Waals surface area contributed by atoms with Gasteiger partial charge in [0.15, 0.2) is 0 Å². The zero-order valence-electron chi connectivity index (χ0n) is 7.36. The van der Waals surface area contributed by atoms with Gasteiger partial charge < -0.3 is 15.6 Å². The molecule has 3 N–H and O–H groups in total. The zero-order chi connectivity index (χ0) is 9.26. The van der Waals surface area contributed by atoms with E-state index >= 15 is 0 Å². The summed E-state index contributed by atoms with van der Waals surface area (Å²) in [4.78, 5) is 0. The smallest absolute Gasteiger partial charge is 0.0724 e. The van der Waals surface area contributed by atoms with Crippen LogP contribution < -0.4 is 5.73 Å². The Bertz CT molecular complexity index is 312. The maximum absolute atomic E-state index is 9.08. The van der Waals surface area contributed by atoms with E-state index in [1.54, 1.807) is 0 Å². The Morgan fingerprint density at radius 3 is 3.15 bits per heavy atom. The van der Waals surface area contributed by atoms with E-state index in [4.69, 9.17) is 15.6 Å². The monoisotopic (exact) mass is 179 g/mol. The number of nitrogens with two attached hydrogens (primary N) is 1. The number of fused-ring (bicyclic) bond motifs is 1. The Balaban J connectivity index is 2.48. The molecule has 1 aromatic rings. The number of hydrogen-bond acceptors (Lipinski definition) is 3. The molecule has 3 heteroatoms. The van der Waals surface area contributed by atoms with Crippen LogP contribution in [-0.4, -0.2) is 11.7 Å². The lowest BCUT2D eigenvalue weighted by atomic mass is 9.95. The Hall–Kier alpha value is -0.900. The van der Waals surface area contributed by atoms with Crippen LogP contribution in [0.25, 0.3) is 0 Å². The largest absolute Gasteiger partial charge is 0.392 e. The molecule has 1 aliphatic rings. The van der Waals surface area contributed by atoms with Gasteiger partial charge in [0.05, 0.1) is 25.9 Å². The lowest BCUT2D eigenvalue weighted by Crippen LogP contribution is -2.24. The van der Waals surface area contributed by atoms with E-state index < -0.39 is 0 Å². The summed E-state index contributed by atoms with van der Waals surface area (Å²) in [5.41, 5.74) is 8.96. The molecule has 1 aliphatic heterocycles. The van der Waals surface area contributed by atoms with E-state index in [9.17, 15) is 0 Å². The van der Waals surface area contributed by atoms with Crippen molar-refractivity contribution in [3.8, 4) is 0 Å². The van der Waals surface area contributed by atoms with Crippen molar-refractivity contribution in [2.75, 3.05) is 6.61 Å². The van der Waals surface area contributed by atoms with Gasteiger partial charge >= 0.3 is 0 Å². The third kappa shape index (κ3) is 1.46. The number of ether oxygens (including phenoxy) is 1. The molecule has 0 bridgehead atoms. The standard InChI is InChI=1S/C10H13NO2/c11-10-6-13-5-9-7(4-12)2-1-3-8(9)10/h1-3,10,12H,4-6,11H2/t10-/m1/s1. The van der Waals surface area contributed by atoms with Crippen molar-refractivity contribution in [2.24, 2.45) is 5.73 Å². The maximum Gasteiger partial charge on any atom is 0.0724 e. The average Bonchev–Trinajstić information content (AvgIpc) is 2.18. The van der Waals surface area contributed by atoms with Crippen LogP contribution in [0.5, 0.6) is 0 Å². The number of aliphatic hydroxyl groups excluding tert-OH is 1. The molecule has 0 aliphatic carbocycles. The van der Waals surface area contributed by atoms with E-state index in [-0.39, 0.29) is 12.6 Å². The first-order valence-electron chi connectivity index (χ1n) is 4.37. The van der Waals surface area contributed by atoms with Crippen LogP contribution in [0.15, 0.2) is 18.2 Å². The van der Waals surface area contributed by atoms with E-state index in [1.165, 1.54) is 0 Å². The highest BCUT2D eigenvalue weighted by atomic mass is 16.5. The van der Waals surface area contributed by atoms with Crippen LogP contribution in [-0.2, 0) is 18.0 Å². The molecular weight excluding hydrogens is 166 g/mol. The Labute approximate surface area is 77.1 Å². The summed E-state index contributed by atoms with van der Waals surface area (Å²) >= 11 is 0. The molecule has 1 heterocycles. The highest BCUT2D eigenvalue weighted by Gasteiger charge is 2.18. The minimum atomic E-state index is -0.0461. The van der Waals surface area contributed by atoms with E-state index in [2.05, 4.69) is 0 Å². The molecule has 0 amide bonds. The number of benzene rings is 1. The van der Waals surface area contributed by atoms with E-state index in [1.807, 2.05) is 18.2 Å². The Morgan fingerprint density at radius 1 is 1.54 bits per heavy atom. The topological polar surface area (TPSA) is 55.5 Å². The van der Waals surface area contributed by atoms with Crippen LogP contribution in [0.1, 0.15) is 22.7 Å². The number of hydrogen-bond donors (Lipinski definition) is 2. The molecule has 0 saturated heterocycles. The summed E-state index contributed by atoms with van der Waals surface area (Å²) < 4.78 is 5.31. The fourth-order valence-corrected chi connectivity index (χ4v) is 1.70. The summed E-state index contributed by atoms with van der Waals surface area (Å²) in [7, 11) is 0. The molecule has 0 spiro atoms. The minimum Gasteiger partial charge on any atom is -0.392 e. The van der Waals surface area contributed by atoms with Crippen molar-refractivity contribution in [3.63, 3.8) is 0 Å². The van der Waals surface area contributed by atoms with Crippen molar-refractivity contribution in [3.05, 3.63) is 34.9 Å². The van der Waals surface area contributed by atoms with E-state index in [0.717, 1.165) is 16.7 Å². The Morgan fingerprint density at radius 2 is 2.38 bits per heavy atom. The summed E-state index contributed by atoms with van der Waals surface area (Å²) in [5.74, 6) is 0. The van der Waals surface area contributed by atoms with Gasteiger partial charge in [-0.1, -0.05) is 18.2 Å². The van der Waals surface area contributed by atoms with Crippen molar-refractivity contribution in [2.45, 2.75) is 19.3 Å². The SMILES string of the molecule is N[C@@H]1COCc2c(CO)cccc21. The van der Waals surface area contributed by atoms with Gasteiger partial charge in [0.25, 0.3) is 0 Å². The fourth-order valence-electron chi connectivity index (χ4n) is 1.70. The van der Waals surface area contributed by atoms with Crippen LogP contribution >= 0.6 is 0 Å². The predicted molar refractivity (Wildman–Crippen MR) is 48.9 cm³/mol. The van der Waals surface area contributed by atoms with Crippen LogP contribution in [0, 0.1) is 0 Å². The first-order valence-corrected chi connectivity index (χ1v) is 4.37. The van der Waals surface area contributed by atoms with Gasteiger partial charge in [-0.25, -0.2) is 0 Å². The van der Waals surface area contributed by atoms with Gasteiger partial charge in [-0.2, -0.15) is 0 Å². The molecular formula is C10H13NO2. The highest BCUT2D eigenvalue weighted by molar-refractivity contribution is 5.37. The molecule has 0 fully saturated rings. The fraction of sp³-hybridized carbons (Fsp3) is 0.400. The van der Waals surface area contributed by atoms with Gasteiger partial charge in [0.2, 0.25) is 0 Å². The summed E-state index contributed by atoms with van der Waals surface area (Å²) in [5, 5.41) is 9.08. The third-order valence-electron chi connectivity index (χ3n) is 2.42. The van der Waals surface area contributed by atoms with Crippen LogP contribution in [0.2, 0.25) is 0 Å². The number of aliphatic hydroxyl groups is 1. The quantitative estimate of drug-likeness (QED) is 0.667. The Kier molecular flexibility index (Phi) is 2.31. The summed E-state index contributed by atoms with van der Waals surface area (Å²) in [6.45, 7) is 1.20. The van der Waals surface area contributed by atoms with E-state index in [0.29, 0.717) is 13.2 Å².